The highest BCUT2D eigenvalue weighted by molar-refractivity contribution is 6.40. The molecule has 0 bridgehead atoms. The lowest BCUT2D eigenvalue weighted by atomic mass is 9.78. The van der Waals surface area contributed by atoms with Gasteiger partial charge in [0.15, 0.2) is 0 Å². The van der Waals surface area contributed by atoms with Gasteiger partial charge in [0.1, 0.15) is 0 Å². The molecule has 2 unspecified atom stereocenters. The topological polar surface area (TPSA) is 9.23 Å². The highest BCUT2D eigenvalue weighted by Crippen LogP contribution is 2.41. The first-order valence-corrected chi connectivity index (χ1v) is 5.27. The first kappa shape index (κ1) is 9.57. The molecule has 3 heteroatoms. The first-order valence-electron chi connectivity index (χ1n) is 4.51. The standard InChI is InChI=1S/C10H12Cl2O/c1-6-4-13-5-7-2-3-8(11)10(12)9(6)7/h2-3,6-7,9H,4-5H2,1H3/t6-,7?,9?/m1/s1. The fourth-order valence-electron chi connectivity index (χ4n) is 2.08. The maximum absolute atomic E-state index is 6.18. The summed E-state index contributed by atoms with van der Waals surface area (Å²) in [5.41, 5.74) is 0. The minimum Gasteiger partial charge on any atom is -0.381 e. The van der Waals surface area contributed by atoms with E-state index in [0.717, 1.165) is 18.2 Å². The largest absolute Gasteiger partial charge is 0.381 e. The Morgan fingerprint density at radius 2 is 2.15 bits per heavy atom. The lowest BCUT2D eigenvalue weighted by Crippen LogP contribution is -2.34. The smallest absolute Gasteiger partial charge is 0.0551 e. The van der Waals surface area contributed by atoms with E-state index >= 15 is 0 Å². The van der Waals surface area contributed by atoms with Crippen molar-refractivity contribution in [1.29, 1.82) is 0 Å². The molecule has 0 spiro atoms. The number of hydrogen-bond donors (Lipinski definition) is 0. The summed E-state index contributed by atoms with van der Waals surface area (Å²) in [6, 6.07) is 0. The average Bonchev–Trinajstić information content (AvgIpc) is 2.12. The third-order valence-electron chi connectivity index (χ3n) is 2.78. The van der Waals surface area contributed by atoms with Crippen LogP contribution in [-0.2, 0) is 4.74 Å². The Bertz CT molecular complexity index is 270. The van der Waals surface area contributed by atoms with Crippen molar-refractivity contribution >= 4 is 23.2 Å². The normalized spacial score (nSPS) is 39.2. The minimum absolute atomic E-state index is 0.368. The van der Waals surface area contributed by atoms with Gasteiger partial charge >= 0.3 is 0 Å². The van der Waals surface area contributed by atoms with Gasteiger partial charge < -0.3 is 4.74 Å². The molecule has 2 aliphatic rings. The quantitative estimate of drug-likeness (QED) is 0.608. The van der Waals surface area contributed by atoms with E-state index in [1.165, 1.54) is 0 Å². The predicted octanol–water partition coefficient (Wildman–Crippen LogP) is 3.14. The summed E-state index contributed by atoms with van der Waals surface area (Å²) >= 11 is 12.1. The van der Waals surface area contributed by atoms with Crippen LogP contribution in [0, 0.1) is 17.8 Å². The van der Waals surface area contributed by atoms with Crippen molar-refractivity contribution in [2.24, 2.45) is 17.8 Å². The summed E-state index contributed by atoms with van der Waals surface area (Å²) in [6.45, 7) is 3.71. The molecule has 1 fully saturated rings. The number of hydrogen-bond acceptors (Lipinski definition) is 1. The van der Waals surface area contributed by atoms with Crippen LogP contribution in [0.3, 0.4) is 0 Å². The summed E-state index contributed by atoms with van der Waals surface area (Å²) < 4.78 is 5.46. The monoisotopic (exact) mass is 218 g/mol. The van der Waals surface area contributed by atoms with Crippen LogP contribution in [0.25, 0.3) is 0 Å². The Labute approximate surface area is 88.4 Å². The molecule has 0 amide bonds. The molecule has 0 N–H and O–H groups in total. The van der Waals surface area contributed by atoms with Crippen molar-refractivity contribution in [3.8, 4) is 0 Å². The van der Waals surface area contributed by atoms with Gasteiger partial charge in [-0.3, -0.25) is 0 Å². The fourth-order valence-corrected chi connectivity index (χ4v) is 2.72. The first-order chi connectivity index (χ1) is 6.20. The second-order valence-corrected chi connectivity index (χ2v) is 4.57. The highest BCUT2D eigenvalue weighted by Gasteiger charge is 2.34. The summed E-state index contributed by atoms with van der Waals surface area (Å²) in [4.78, 5) is 0. The van der Waals surface area contributed by atoms with Gasteiger partial charge in [-0.25, -0.2) is 0 Å². The van der Waals surface area contributed by atoms with Crippen LogP contribution < -0.4 is 0 Å². The molecule has 1 nitrogen and oxygen atoms in total. The highest BCUT2D eigenvalue weighted by atomic mass is 35.5. The van der Waals surface area contributed by atoms with Crippen molar-refractivity contribution in [3.63, 3.8) is 0 Å². The summed E-state index contributed by atoms with van der Waals surface area (Å²) in [6.07, 6.45) is 3.99. The van der Waals surface area contributed by atoms with Crippen molar-refractivity contribution in [2.75, 3.05) is 13.2 Å². The van der Waals surface area contributed by atoms with E-state index in [1.807, 2.05) is 6.08 Å². The molecule has 0 aromatic carbocycles. The van der Waals surface area contributed by atoms with Crippen LogP contribution in [0.5, 0.6) is 0 Å². The molecule has 1 saturated heterocycles. The lowest BCUT2D eigenvalue weighted by Gasteiger charge is -2.36. The summed E-state index contributed by atoms with van der Waals surface area (Å²) in [5.74, 6) is 1.25. The number of allylic oxidation sites excluding steroid dienone is 3. The third kappa shape index (κ3) is 1.65. The minimum atomic E-state index is 0.368. The van der Waals surface area contributed by atoms with Crippen molar-refractivity contribution in [3.05, 3.63) is 22.2 Å². The Hall–Kier alpha value is 0.0200. The lowest BCUT2D eigenvalue weighted by molar-refractivity contribution is 0.00807. The van der Waals surface area contributed by atoms with Crippen molar-refractivity contribution < 1.29 is 4.74 Å². The molecule has 3 atom stereocenters. The number of fused-ring (bicyclic) bond motifs is 1. The van der Waals surface area contributed by atoms with Crippen LogP contribution in [0.15, 0.2) is 22.2 Å². The molecule has 1 heterocycles. The number of halogens is 2. The molecule has 0 aromatic heterocycles. The maximum atomic E-state index is 6.18. The molecule has 0 radical (unpaired) electrons. The molecule has 2 rings (SSSR count). The van der Waals surface area contributed by atoms with Crippen LogP contribution in [0.1, 0.15) is 6.92 Å². The third-order valence-corrected chi connectivity index (χ3v) is 3.66. The molecule has 0 aromatic rings. The Morgan fingerprint density at radius 3 is 2.92 bits per heavy atom. The molecule has 1 aliphatic heterocycles. The second kappa shape index (κ2) is 3.64. The molecule has 13 heavy (non-hydrogen) atoms. The maximum Gasteiger partial charge on any atom is 0.0551 e. The van der Waals surface area contributed by atoms with Gasteiger partial charge in [-0.2, -0.15) is 0 Å². The SMILES string of the molecule is C[C@@H]1COCC2C=CC(Cl)=C(Cl)C21. The van der Waals surface area contributed by atoms with Crippen molar-refractivity contribution in [2.45, 2.75) is 6.92 Å². The van der Waals surface area contributed by atoms with Crippen LogP contribution in [0.2, 0.25) is 0 Å². The summed E-state index contributed by atoms with van der Waals surface area (Å²) in [7, 11) is 0. The van der Waals surface area contributed by atoms with E-state index < -0.39 is 0 Å². The van der Waals surface area contributed by atoms with Gasteiger partial charge in [-0.15, -0.1) is 0 Å². The molecular formula is C10H12Cl2O. The molecule has 0 saturated carbocycles. The van der Waals surface area contributed by atoms with E-state index in [9.17, 15) is 0 Å². The average molecular weight is 219 g/mol. The van der Waals surface area contributed by atoms with E-state index in [1.54, 1.807) is 0 Å². The zero-order chi connectivity index (χ0) is 9.42. The zero-order valence-electron chi connectivity index (χ0n) is 7.47. The van der Waals surface area contributed by atoms with Crippen molar-refractivity contribution in [1.82, 2.24) is 0 Å². The van der Waals surface area contributed by atoms with Crippen LogP contribution in [0.4, 0.5) is 0 Å². The van der Waals surface area contributed by atoms with Gasteiger partial charge in [0.05, 0.1) is 11.6 Å². The number of rotatable bonds is 0. The van der Waals surface area contributed by atoms with Gasteiger partial charge in [0.25, 0.3) is 0 Å². The van der Waals surface area contributed by atoms with E-state index in [4.69, 9.17) is 27.9 Å². The molecule has 1 aliphatic carbocycles. The fraction of sp³-hybridized carbons (Fsp3) is 0.600. The molecule has 72 valence electrons. The van der Waals surface area contributed by atoms with Gasteiger partial charge in [0.2, 0.25) is 0 Å². The zero-order valence-corrected chi connectivity index (χ0v) is 8.98. The second-order valence-electron chi connectivity index (χ2n) is 3.76. The van der Waals surface area contributed by atoms with E-state index in [2.05, 4.69) is 13.0 Å². The Kier molecular flexibility index (Phi) is 2.68. The summed E-state index contributed by atoms with van der Waals surface area (Å²) in [5, 5.41) is 1.50. The van der Waals surface area contributed by atoms with Gasteiger partial charge in [-0.05, 0) is 12.0 Å². The number of ether oxygens (including phenoxy) is 1. The van der Waals surface area contributed by atoms with E-state index in [-0.39, 0.29) is 0 Å². The van der Waals surface area contributed by atoms with Crippen LogP contribution in [-0.4, -0.2) is 13.2 Å². The van der Waals surface area contributed by atoms with Gasteiger partial charge in [0, 0.05) is 23.5 Å². The van der Waals surface area contributed by atoms with Crippen LogP contribution >= 0.6 is 23.2 Å². The molecular weight excluding hydrogens is 207 g/mol. The van der Waals surface area contributed by atoms with E-state index in [0.29, 0.717) is 22.8 Å². The predicted molar refractivity (Wildman–Crippen MR) is 54.8 cm³/mol. The van der Waals surface area contributed by atoms with Gasteiger partial charge in [-0.1, -0.05) is 36.2 Å². The Balaban J connectivity index is 2.28. The Morgan fingerprint density at radius 1 is 1.38 bits per heavy atom.